The maximum Gasteiger partial charge on any atom is 0.279 e. The maximum absolute atomic E-state index is 12.6. The van der Waals surface area contributed by atoms with Gasteiger partial charge >= 0.3 is 0 Å². The first-order valence-corrected chi connectivity index (χ1v) is 11.7. The van der Waals surface area contributed by atoms with Crippen LogP contribution in [0.1, 0.15) is 44.0 Å². The molecule has 0 heterocycles. The summed E-state index contributed by atoms with van der Waals surface area (Å²) < 4.78 is 5.83. The Balaban J connectivity index is 1.51. The van der Waals surface area contributed by atoms with E-state index in [4.69, 9.17) is 4.74 Å². The lowest BCUT2D eigenvalue weighted by molar-refractivity contribution is -0.128. The zero-order chi connectivity index (χ0) is 25.2. The van der Waals surface area contributed by atoms with E-state index in [0.29, 0.717) is 29.8 Å². The standard InChI is InChI=1S/C28H31N3O4/c1-4-25(35-24-16-12-21(13-17-24)20-8-6-5-7-9-20)28(34)31-30-27(33)22-10-14-23(15-11-22)29-26(32)18-19(2)3/h5-17,19,25H,4,18H2,1-3H3,(H,29,32)(H,30,33)(H,31,34). The topological polar surface area (TPSA) is 96.5 Å². The molecule has 3 N–H and O–H groups in total. The van der Waals surface area contributed by atoms with Crippen molar-refractivity contribution in [3.63, 3.8) is 0 Å². The van der Waals surface area contributed by atoms with Crippen molar-refractivity contribution in [2.45, 2.75) is 39.7 Å². The molecular formula is C28H31N3O4. The van der Waals surface area contributed by atoms with Gasteiger partial charge in [0.25, 0.3) is 11.8 Å². The third-order valence-electron chi connectivity index (χ3n) is 5.23. The molecule has 0 spiro atoms. The van der Waals surface area contributed by atoms with Crippen LogP contribution in [0.5, 0.6) is 5.75 Å². The van der Waals surface area contributed by atoms with Crippen LogP contribution in [0.4, 0.5) is 5.69 Å². The van der Waals surface area contributed by atoms with Gasteiger partial charge < -0.3 is 10.1 Å². The predicted molar refractivity (Wildman–Crippen MR) is 137 cm³/mol. The van der Waals surface area contributed by atoms with Crippen LogP contribution in [0.15, 0.2) is 78.9 Å². The zero-order valence-electron chi connectivity index (χ0n) is 20.2. The lowest BCUT2D eigenvalue weighted by Crippen LogP contribution is -2.47. The Morgan fingerprint density at radius 2 is 1.43 bits per heavy atom. The van der Waals surface area contributed by atoms with E-state index in [1.165, 1.54) is 0 Å². The molecule has 35 heavy (non-hydrogen) atoms. The number of anilines is 1. The molecule has 7 heteroatoms. The molecule has 7 nitrogen and oxygen atoms in total. The van der Waals surface area contributed by atoms with Crippen LogP contribution in [0.2, 0.25) is 0 Å². The largest absolute Gasteiger partial charge is 0.481 e. The highest BCUT2D eigenvalue weighted by molar-refractivity contribution is 5.97. The minimum atomic E-state index is -0.767. The second-order valence-corrected chi connectivity index (χ2v) is 8.57. The van der Waals surface area contributed by atoms with Crippen LogP contribution in [0.25, 0.3) is 11.1 Å². The van der Waals surface area contributed by atoms with Gasteiger partial charge in [-0.05, 0) is 59.9 Å². The fraction of sp³-hybridized carbons (Fsp3) is 0.250. The number of hydrazine groups is 1. The molecule has 0 bridgehead atoms. The van der Waals surface area contributed by atoms with E-state index in [2.05, 4.69) is 16.2 Å². The van der Waals surface area contributed by atoms with Gasteiger partial charge in [0.05, 0.1) is 0 Å². The lowest BCUT2D eigenvalue weighted by atomic mass is 10.1. The number of hydrogen-bond donors (Lipinski definition) is 3. The van der Waals surface area contributed by atoms with Crippen molar-refractivity contribution < 1.29 is 19.1 Å². The van der Waals surface area contributed by atoms with E-state index in [1.807, 2.05) is 75.4 Å². The summed E-state index contributed by atoms with van der Waals surface area (Å²) in [6.45, 7) is 5.77. The molecular weight excluding hydrogens is 442 g/mol. The Hall–Kier alpha value is -4.13. The average Bonchev–Trinajstić information content (AvgIpc) is 2.86. The van der Waals surface area contributed by atoms with Gasteiger partial charge in [-0.3, -0.25) is 25.2 Å². The van der Waals surface area contributed by atoms with Crippen molar-refractivity contribution in [2.24, 2.45) is 5.92 Å². The molecule has 0 aliphatic carbocycles. The summed E-state index contributed by atoms with van der Waals surface area (Å²) in [5.74, 6) is -0.183. The number of benzene rings is 3. The van der Waals surface area contributed by atoms with Crippen LogP contribution >= 0.6 is 0 Å². The number of nitrogens with one attached hydrogen (secondary N) is 3. The van der Waals surface area contributed by atoms with Crippen molar-refractivity contribution in [1.29, 1.82) is 0 Å². The van der Waals surface area contributed by atoms with Crippen LogP contribution in [0, 0.1) is 5.92 Å². The molecule has 0 saturated carbocycles. The third kappa shape index (κ3) is 7.71. The lowest BCUT2D eigenvalue weighted by Gasteiger charge is -2.18. The summed E-state index contributed by atoms with van der Waals surface area (Å²) in [6, 6.07) is 23.9. The molecule has 1 unspecified atom stereocenters. The average molecular weight is 474 g/mol. The summed E-state index contributed by atoms with van der Waals surface area (Å²) in [7, 11) is 0. The van der Waals surface area contributed by atoms with Gasteiger partial charge in [0.2, 0.25) is 5.91 Å². The van der Waals surface area contributed by atoms with Crippen molar-refractivity contribution in [2.75, 3.05) is 5.32 Å². The normalized spacial score (nSPS) is 11.4. The quantitative estimate of drug-likeness (QED) is 0.383. The zero-order valence-corrected chi connectivity index (χ0v) is 20.2. The summed E-state index contributed by atoms with van der Waals surface area (Å²) >= 11 is 0. The van der Waals surface area contributed by atoms with Gasteiger partial charge in [-0.1, -0.05) is 63.2 Å². The van der Waals surface area contributed by atoms with Crippen molar-refractivity contribution >= 4 is 23.4 Å². The molecule has 3 aromatic rings. The van der Waals surface area contributed by atoms with Crippen LogP contribution in [-0.4, -0.2) is 23.8 Å². The number of amides is 3. The Kier molecular flexibility index (Phi) is 9.01. The Labute approximate surface area is 205 Å². The smallest absolute Gasteiger partial charge is 0.279 e. The van der Waals surface area contributed by atoms with E-state index < -0.39 is 17.9 Å². The van der Waals surface area contributed by atoms with E-state index in [9.17, 15) is 14.4 Å². The van der Waals surface area contributed by atoms with Gasteiger partial charge in [0.15, 0.2) is 6.10 Å². The van der Waals surface area contributed by atoms with Crippen LogP contribution in [-0.2, 0) is 9.59 Å². The first kappa shape index (κ1) is 25.5. The fourth-order valence-corrected chi connectivity index (χ4v) is 3.40. The summed E-state index contributed by atoms with van der Waals surface area (Å²) in [5, 5.41) is 2.79. The molecule has 182 valence electrons. The number of hydrogen-bond acceptors (Lipinski definition) is 4. The molecule has 0 aliphatic rings. The van der Waals surface area contributed by atoms with Crippen molar-refractivity contribution in [3.8, 4) is 16.9 Å². The molecule has 0 aliphatic heterocycles. The molecule has 0 fully saturated rings. The molecule has 1 atom stereocenters. The fourth-order valence-electron chi connectivity index (χ4n) is 3.40. The number of carbonyl (C=O) groups is 3. The van der Waals surface area contributed by atoms with Gasteiger partial charge in [0, 0.05) is 17.7 Å². The summed E-state index contributed by atoms with van der Waals surface area (Å²) in [5.41, 5.74) is 7.93. The minimum absolute atomic E-state index is 0.0789. The van der Waals surface area contributed by atoms with Crippen LogP contribution < -0.4 is 20.9 Å². The highest BCUT2D eigenvalue weighted by Gasteiger charge is 2.19. The van der Waals surface area contributed by atoms with Gasteiger partial charge in [0.1, 0.15) is 5.75 Å². The molecule has 3 aromatic carbocycles. The molecule has 0 radical (unpaired) electrons. The number of rotatable bonds is 9. The van der Waals surface area contributed by atoms with Gasteiger partial charge in [-0.2, -0.15) is 0 Å². The van der Waals surface area contributed by atoms with Crippen molar-refractivity contribution in [1.82, 2.24) is 10.9 Å². The van der Waals surface area contributed by atoms with E-state index >= 15 is 0 Å². The van der Waals surface area contributed by atoms with Crippen molar-refractivity contribution in [3.05, 3.63) is 84.4 Å². The molecule has 0 saturated heterocycles. The van der Waals surface area contributed by atoms with E-state index in [0.717, 1.165) is 11.1 Å². The van der Waals surface area contributed by atoms with E-state index in [-0.39, 0.29) is 11.8 Å². The number of carbonyl (C=O) groups excluding carboxylic acids is 3. The highest BCUT2D eigenvalue weighted by atomic mass is 16.5. The predicted octanol–water partition coefficient (Wildman–Crippen LogP) is 4.96. The number of ether oxygens (including phenoxy) is 1. The Bertz CT molecular complexity index is 1130. The Morgan fingerprint density at radius 3 is 2.03 bits per heavy atom. The summed E-state index contributed by atoms with van der Waals surface area (Å²) in [4.78, 5) is 36.9. The molecule has 0 aromatic heterocycles. The van der Waals surface area contributed by atoms with Crippen LogP contribution in [0.3, 0.4) is 0 Å². The molecule has 3 amide bonds. The SMILES string of the molecule is CCC(Oc1ccc(-c2ccccc2)cc1)C(=O)NNC(=O)c1ccc(NC(=O)CC(C)C)cc1. The Morgan fingerprint density at radius 1 is 0.800 bits per heavy atom. The van der Waals surface area contributed by atoms with E-state index in [1.54, 1.807) is 24.3 Å². The third-order valence-corrected chi connectivity index (χ3v) is 5.23. The summed E-state index contributed by atoms with van der Waals surface area (Å²) in [6.07, 6.45) is 0.0790. The monoisotopic (exact) mass is 473 g/mol. The molecule has 3 rings (SSSR count). The second kappa shape index (κ2) is 12.4. The van der Waals surface area contributed by atoms with Gasteiger partial charge in [-0.25, -0.2) is 0 Å². The highest BCUT2D eigenvalue weighted by Crippen LogP contribution is 2.23. The minimum Gasteiger partial charge on any atom is -0.481 e. The van der Waals surface area contributed by atoms with Gasteiger partial charge in [-0.15, -0.1) is 0 Å². The first-order chi connectivity index (χ1) is 16.9. The maximum atomic E-state index is 12.6. The second-order valence-electron chi connectivity index (χ2n) is 8.57. The first-order valence-electron chi connectivity index (χ1n) is 11.7.